The smallest absolute Gasteiger partial charge is 0.265 e. The van der Waals surface area contributed by atoms with Crippen LogP contribution in [-0.2, 0) is 16.1 Å². The molecule has 0 aliphatic carbocycles. The second-order valence-electron chi connectivity index (χ2n) is 4.52. The van der Waals surface area contributed by atoms with Crippen LogP contribution in [0.3, 0.4) is 0 Å². The minimum absolute atomic E-state index is 0.254. The van der Waals surface area contributed by atoms with Crippen molar-refractivity contribution in [2.24, 2.45) is 5.84 Å². The molecule has 7 heteroatoms. The normalized spacial score (nSPS) is 18.6. The van der Waals surface area contributed by atoms with E-state index < -0.39 is 6.04 Å². The number of hydrazine groups is 1. The molecule has 1 heterocycles. The Morgan fingerprint density at radius 2 is 2.10 bits per heavy atom. The fraction of sp³-hybridized carbons (Fsp3) is 0.308. The Balaban J connectivity index is 2.02. The van der Waals surface area contributed by atoms with Gasteiger partial charge in [-0.05, 0) is 18.1 Å². The predicted molar refractivity (Wildman–Crippen MR) is 71.1 cm³/mol. The van der Waals surface area contributed by atoms with Gasteiger partial charge in [0.1, 0.15) is 0 Å². The van der Waals surface area contributed by atoms with Crippen LogP contribution in [0.25, 0.3) is 0 Å². The summed E-state index contributed by atoms with van der Waals surface area (Å²) in [5.74, 6) is 4.16. The van der Waals surface area contributed by atoms with Crippen molar-refractivity contribution in [1.82, 2.24) is 16.1 Å². The molecule has 1 aromatic carbocycles. The van der Waals surface area contributed by atoms with Gasteiger partial charge in [0.05, 0.1) is 6.04 Å². The maximum Gasteiger partial charge on any atom is 0.265 e. The van der Waals surface area contributed by atoms with Gasteiger partial charge < -0.3 is 5.32 Å². The molecule has 0 bridgehead atoms. The molecule has 20 heavy (non-hydrogen) atoms. The van der Waals surface area contributed by atoms with Crippen LogP contribution >= 0.6 is 0 Å². The molecule has 2 rings (SSSR count). The van der Waals surface area contributed by atoms with Crippen molar-refractivity contribution < 1.29 is 14.4 Å². The minimum Gasteiger partial charge on any atom is -0.302 e. The Labute approximate surface area is 115 Å². The highest BCUT2D eigenvalue weighted by Gasteiger charge is 2.26. The topological polar surface area (TPSA) is 113 Å². The number of hydrogen-bond donors (Lipinski definition) is 4. The molecule has 3 amide bonds. The lowest BCUT2D eigenvalue weighted by Crippen LogP contribution is -2.50. The fourth-order valence-electron chi connectivity index (χ4n) is 2.10. The van der Waals surface area contributed by atoms with E-state index in [1.54, 1.807) is 24.3 Å². The molecule has 1 atom stereocenters. The van der Waals surface area contributed by atoms with E-state index in [2.05, 4.69) is 16.1 Å². The molecule has 0 spiro atoms. The number of carbonyl (C=O) groups excluding carboxylic acids is 3. The van der Waals surface area contributed by atoms with Crippen LogP contribution in [0, 0.1) is 0 Å². The van der Waals surface area contributed by atoms with Gasteiger partial charge in [-0.15, -0.1) is 0 Å². The summed E-state index contributed by atoms with van der Waals surface area (Å²) in [5.41, 5.74) is 3.27. The van der Waals surface area contributed by atoms with Gasteiger partial charge in [-0.1, -0.05) is 18.2 Å². The van der Waals surface area contributed by atoms with Gasteiger partial charge in [0.15, 0.2) is 0 Å². The van der Waals surface area contributed by atoms with Gasteiger partial charge in [-0.25, -0.2) is 5.84 Å². The minimum atomic E-state index is -0.429. The number of imide groups is 1. The molecular weight excluding hydrogens is 260 g/mol. The number of hydrogen-bond acceptors (Lipinski definition) is 5. The quantitative estimate of drug-likeness (QED) is 0.248. The average molecular weight is 276 g/mol. The zero-order chi connectivity index (χ0) is 14.5. The molecule has 1 aliphatic heterocycles. The first-order valence-electron chi connectivity index (χ1n) is 6.27. The second-order valence-corrected chi connectivity index (χ2v) is 4.52. The molecule has 0 saturated carbocycles. The van der Waals surface area contributed by atoms with Gasteiger partial charge in [-0.2, -0.15) is 0 Å². The van der Waals surface area contributed by atoms with Crippen LogP contribution in [0.4, 0.5) is 0 Å². The van der Waals surface area contributed by atoms with Crippen LogP contribution in [0.2, 0.25) is 0 Å². The first kappa shape index (κ1) is 14.2. The third-order valence-corrected chi connectivity index (χ3v) is 3.17. The van der Waals surface area contributed by atoms with E-state index in [1.807, 2.05) is 0 Å². The summed E-state index contributed by atoms with van der Waals surface area (Å²) < 4.78 is 0. The van der Waals surface area contributed by atoms with Crippen molar-refractivity contribution in [2.75, 3.05) is 0 Å². The predicted octanol–water partition coefficient (Wildman–Crippen LogP) is -0.815. The summed E-state index contributed by atoms with van der Waals surface area (Å²) in [5, 5.41) is 5.32. The lowest BCUT2D eigenvalue weighted by Gasteiger charge is -2.22. The molecule has 106 valence electrons. The van der Waals surface area contributed by atoms with Gasteiger partial charge in [-0.3, -0.25) is 25.1 Å². The van der Waals surface area contributed by atoms with E-state index in [0.29, 0.717) is 24.9 Å². The van der Waals surface area contributed by atoms with Gasteiger partial charge in [0.2, 0.25) is 11.8 Å². The van der Waals surface area contributed by atoms with E-state index in [9.17, 15) is 14.4 Å². The van der Waals surface area contributed by atoms with E-state index in [-0.39, 0.29) is 17.7 Å². The van der Waals surface area contributed by atoms with Crippen LogP contribution in [0.5, 0.6) is 0 Å². The Hall–Kier alpha value is -2.25. The van der Waals surface area contributed by atoms with Crippen molar-refractivity contribution in [3.63, 3.8) is 0 Å². The third-order valence-electron chi connectivity index (χ3n) is 3.17. The Kier molecular flexibility index (Phi) is 4.44. The van der Waals surface area contributed by atoms with Gasteiger partial charge in [0.25, 0.3) is 5.91 Å². The van der Waals surface area contributed by atoms with Crippen molar-refractivity contribution in [2.45, 2.75) is 25.4 Å². The summed E-state index contributed by atoms with van der Waals surface area (Å²) in [6, 6.07) is 6.55. The van der Waals surface area contributed by atoms with Crippen LogP contribution in [0.1, 0.15) is 28.8 Å². The van der Waals surface area contributed by atoms with Crippen LogP contribution < -0.4 is 21.9 Å². The molecule has 0 unspecified atom stereocenters. The zero-order valence-corrected chi connectivity index (χ0v) is 10.8. The van der Waals surface area contributed by atoms with E-state index in [0.717, 1.165) is 5.56 Å². The summed E-state index contributed by atoms with van der Waals surface area (Å²) in [6.45, 7) is 0.343. The molecule has 1 aliphatic rings. The molecule has 0 radical (unpaired) electrons. The maximum atomic E-state index is 11.6. The molecule has 7 nitrogen and oxygen atoms in total. The number of benzene rings is 1. The first-order valence-corrected chi connectivity index (χ1v) is 6.27. The second kappa shape index (κ2) is 6.27. The number of amides is 3. The highest BCUT2D eigenvalue weighted by Crippen LogP contribution is 2.10. The molecular formula is C13H16N4O3. The Morgan fingerprint density at radius 1 is 1.35 bits per heavy atom. The maximum absolute atomic E-state index is 11.6. The molecule has 1 saturated heterocycles. The van der Waals surface area contributed by atoms with E-state index >= 15 is 0 Å². The number of nitrogens with two attached hydrogens (primary N) is 1. The SMILES string of the molecule is NNC(=O)c1ccccc1CN[C@H]1CCC(=O)NC1=O. The molecule has 5 N–H and O–H groups in total. The van der Waals surface area contributed by atoms with Crippen molar-refractivity contribution in [3.05, 3.63) is 35.4 Å². The van der Waals surface area contributed by atoms with Gasteiger partial charge in [0, 0.05) is 18.5 Å². The molecule has 1 fully saturated rings. The number of rotatable bonds is 4. The Bertz CT molecular complexity index is 544. The van der Waals surface area contributed by atoms with Crippen molar-refractivity contribution in [1.29, 1.82) is 0 Å². The van der Waals surface area contributed by atoms with Gasteiger partial charge >= 0.3 is 0 Å². The molecule has 1 aromatic rings. The highest BCUT2D eigenvalue weighted by molar-refractivity contribution is 6.00. The van der Waals surface area contributed by atoms with Crippen molar-refractivity contribution >= 4 is 17.7 Å². The number of carbonyl (C=O) groups is 3. The average Bonchev–Trinajstić information content (AvgIpc) is 2.46. The number of piperidine rings is 1. The van der Waals surface area contributed by atoms with E-state index in [1.165, 1.54) is 0 Å². The summed E-state index contributed by atoms with van der Waals surface area (Å²) >= 11 is 0. The zero-order valence-electron chi connectivity index (χ0n) is 10.8. The van der Waals surface area contributed by atoms with Crippen LogP contribution in [-0.4, -0.2) is 23.8 Å². The van der Waals surface area contributed by atoms with Crippen molar-refractivity contribution in [3.8, 4) is 0 Å². The third kappa shape index (κ3) is 3.19. The standard InChI is InChI=1S/C13H16N4O3/c14-17-12(19)9-4-2-1-3-8(9)7-15-10-5-6-11(18)16-13(10)20/h1-4,10,15H,5-7,14H2,(H,17,19)(H,16,18,20)/t10-/m0/s1. The summed E-state index contributed by atoms with van der Waals surface area (Å²) in [7, 11) is 0. The Morgan fingerprint density at radius 3 is 2.80 bits per heavy atom. The fourth-order valence-corrected chi connectivity index (χ4v) is 2.10. The highest BCUT2D eigenvalue weighted by atomic mass is 16.2. The lowest BCUT2D eigenvalue weighted by molar-refractivity contribution is -0.134. The number of nitrogens with one attached hydrogen (secondary N) is 3. The van der Waals surface area contributed by atoms with Crippen LogP contribution in [0.15, 0.2) is 24.3 Å². The first-order chi connectivity index (χ1) is 9.61. The molecule has 0 aromatic heterocycles. The monoisotopic (exact) mass is 276 g/mol. The summed E-state index contributed by atoms with van der Waals surface area (Å²) in [4.78, 5) is 34.3. The van der Waals surface area contributed by atoms with E-state index in [4.69, 9.17) is 5.84 Å². The largest absolute Gasteiger partial charge is 0.302 e. The summed E-state index contributed by atoms with van der Waals surface area (Å²) in [6.07, 6.45) is 0.768. The lowest BCUT2D eigenvalue weighted by atomic mass is 10.0. The number of nitrogen functional groups attached to an aromatic ring is 1.